The average molecular weight is 353 g/mol. The molecule has 5 nitrogen and oxygen atoms in total. The highest BCUT2D eigenvalue weighted by atomic mass is 16.6. The largest absolute Gasteiger partial charge is 0.482 e. The van der Waals surface area contributed by atoms with Crippen molar-refractivity contribution in [3.63, 3.8) is 0 Å². The van der Waals surface area contributed by atoms with Crippen LogP contribution in [0.3, 0.4) is 0 Å². The lowest BCUT2D eigenvalue weighted by Gasteiger charge is -2.21. The van der Waals surface area contributed by atoms with Gasteiger partial charge in [-0.3, -0.25) is 4.79 Å². The van der Waals surface area contributed by atoms with Gasteiger partial charge in [0.15, 0.2) is 12.7 Å². The first kappa shape index (κ1) is 18.0. The second-order valence-electron chi connectivity index (χ2n) is 6.61. The SMILES string of the molecule is Cc1cc(C)cc(OCC(=O)O[C@@H](C)C(=O)N2CCc3ccccc32)c1. The van der Waals surface area contributed by atoms with Gasteiger partial charge in [-0.05, 0) is 62.1 Å². The van der Waals surface area contributed by atoms with Crippen molar-refractivity contribution in [2.24, 2.45) is 0 Å². The fourth-order valence-corrected chi connectivity index (χ4v) is 3.23. The molecular weight excluding hydrogens is 330 g/mol. The van der Waals surface area contributed by atoms with Gasteiger partial charge in [0.2, 0.25) is 0 Å². The molecule has 3 rings (SSSR count). The van der Waals surface area contributed by atoms with E-state index in [2.05, 4.69) is 0 Å². The number of hydrogen-bond acceptors (Lipinski definition) is 4. The molecule has 1 amide bonds. The van der Waals surface area contributed by atoms with Gasteiger partial charge in [-0.1, -0.05) is 24.3 Å². The summed E-state index contributed by atoms with van der Waals surface area (Å²) >= 11 is 0. The number of ether oxygens (including phenoxy) is 2. The quantitative estimate of drug-likeness (QED) is 0.775. The molecule has 136 valence electrons. The minimum Gasteiger partial charge on any atom is -0.482 e. The lowest BCUT2D eigenvalue weighted by Crippen LogP contribution is -2.39. The number of benzene rings is 2. The molecule has 0 radical (unpaired) electrons. The third-order valence-corrected chi connectivity index (χ3v) is 4.36. The predicted molar refractivity (Wildman–Crippen MR) is 99.5 cm³/mol. The van der Waals surface area contributed by atoms with Crippen LogP contribution in [0, 0.1) is 13.8 Å². The Hall–Kier alpha value is -2.82. The van der Waals surface area contributed by atoms with Crippen LogP contribution in [0.2, 0.25) is 0 Å². The van der Waals surface area contributed by atoms with Gasteiger partial charge in [0.05, 0.1) is 0 Å². The van der Waals surface area contributed by atoms with E-state index in [0.717, 1.165) is 28.8 Å². The maximum Gasteiger partial charge on any atom is 0.344 e. The third-order valence-electron chi connectivity index (χ3n) is 4.36. The number of amides is 1. The summed E-state index contributed by atoms with van der Waals surface area (Å²) < 4.78 is 10.8. The number of carbonyl (C=O) groups excluding carboxylic acids is 2. The Morgan fingerprint density at radius 3 is 2.54 bits per heavy atom. The molecule has 26 heavy (non-hydrogen) atoms. The van der Waals surface area contributed by atoms with E-state index in [4.69, 9.17) is 9.47 Å². The van der Waals surface area contributed by atoms with E-state index >= 15 is 0 Å². The van der Waals surface area contributed by atoms with Crippen LogP contribution in [0.4, 0.5) is 5.69 Å². The number of aryl methyl sites for hydroxylation is 2. The number of anilines is 1. The highest BCUT2D eigenvalue weighted by Gasteiger charge is 2.29. The summed E-state index contributed by atoms with van der Waals surface area (Å²) in [6.07, 6.45) is -0.0326. The molecule has 0 unspecified atom stereocenters. The maximum atomic E-state index is 12.6. The third kappa shape index (κ3) is 4.04. The first-order chi connectivity index (χ1) is 12.4. The van der Waals surface area contributed by atoms with Crippen LogP contribution < -0.4 is 9.64 Å². The monoisotopic (exact) mass is 353 g/mol. The van der Waals surface area contributed by atoms with Crippen LogP contribution in [0.25, 0.3) is 0 Å². The first-order valence-corrected chi connectivity index (χ1v) is 8.74. The molecule has 1 atom stereocenters. The molecule has 1 aliphatic heterocycles. The number of carbonyl (C=O) groups is 2. The second-order valence-corrected chi connectivity index (χ2v) is 6.61. The highest BCUT2D eigenvalue weighted by molar-refractivity contribution is 5.99. The summed E-state index contributed by atoms with van der Waals surface area (Å²) in [5, 5.41) is 0. The number of hydrogen-bond donors (Lipinski definition) is 0. The number of para-hydroxylation sites is 1. The van der Waals surface area contributed by atoms with E-state index in [0.29, 0.717) is 12.3 Å². The smallest absolute Gasteiger partial charge is 0.344 e. The molecule has 0 aliphatic carbocycles. The summed E-state index contributed by atoms with van der Waals surface area (Å²) in [4.78, 5) is 26.3. The molecule has 5 heteroatoms. The van der Waals surface area contributed by atoms with E-state index in [1.165, 1.54) is 0 Å². The minimum atomic E-state index is -0.850. The first-order valence-electron chi connectivity index (χ1n) is 8.74. The van der Waals surface area contributed by atoms with Crippen LogP contribution >= 0.6 is 0 Å². The Morgan fingerprint density at radius 1 is 1.12 bits per heavy atom. The Balaban J connectivity index is 1.55. The normalized spacial score (nSPS) is 13.9. The van der Waals surface area contributed by atoms with Crippen LogP contribution in [0.15, 0.2) is 42.5 Å². The van der Waals surface area contributed by atoms with Gasteiger partial charge in [-0.2, -0.15) is 0 Å². The molecule has 0 saturated heterocycles. The van der Waals surface area contributed by atoms with E-state index in [1.807, 2.05) is 56.3 Å². The summed E-state index contributed by atoms with van der Waals surface area (Å²) in [5.41, 5.74) is 4.15. The van der Waals surface area contributed by atoms with Gasteiger partial charge in [-0.25, -0.2) is 4.79 Å². The number of esters is 1. The molecule has 2 aromatic carbocycles. The van der Waals surface area contributed by atoms with Gasteiger partial charge in [0.1, 0.15) is 5.75 Å². The van der Waals surface area contributed by atoms with Crippen LogP contribution in [-0.4, -0.2) is 31.1 Å². The van der Waals surface area contributed by atoms with Gasteiger partial charge in [0.25, 0.3) is 5.91 Å². The van der Waals surface area contributed by atoms with Crippen molar-refractivity contribution < 1.29 is 19.1 Å². The average Bonchev–Trinajstić information content (AvgIpc) is 3.02. The minimum absolute atomic E-state index is 0.213. The maximum absolute atomic E-state index is 12.6. The molecule has 1 heterocycles. The lowest BCUT2D eigenvalue weighted by atomic mass is 10.1. The van der Waals surface area contributed by atoms with Gasteiger partial charge >= 0.3 is 5.97 Å². The second kappa shape index (κ2) is 7.60. The van der Waals surface area contributed by atoms with Crippen molar-refractivity contribution in [3.05, 3.63) is 59.2 Å². The van der Waals surface area contributed by atoms with Gasteiger partial charge in [0, 0.05) is 12.2 Å². The zero-order valence-corrected chi connectivity index (χ0v) is 15.3. The van der Waals surface area contributed by atoms with Crippen molar-refractivity contribution in [3.8, 4) is 5.75 Å². The Labute approximate surface area is 153 Å². The zero-order valence-electron chi connectivity index (χ0n) is 15.3. The van der Waals surface area contributed by atoms with Crippen molar-refractivity contribution in [1.82, 2.24) is 0 Å². The van der Waals surface area contributed by atoms with Crippen LogP contribution in [0.1, 0.15) is 23.6 Å². The topological polar surface area (TPSA) is 55.8 Å². The van der Waals surface area contributed by atoms with Crippen LogP contribution in [0.5, 0.6) is 5.75 Å². The zero-order chi connectivity index (χ0) is 18.7. The molecule has 0 bridgehead atoms. The fourth-order valence-electron chi connectivity index (χ4n) is 3.23. The summed E-state index contributed by atoms with van der Waals surface area (Å²) in [5.74, 6) is -0.154. The van der Waals surface area contributed by atoms with Crippen molar-refractivity contribution in [1.29, 1.82) is 0 Å². The Morgan fingerprint density at radius 2 is 1.81 bits per heavy atom. The summed E-state index contributed by atoms with van der Waals surface area (Å²) in [6.45, 7) is 5.91. The molecule has 0 fully saturated rings. The molecule has 0 saturated carbocycles. The molecule has 0 spiro atoms. The number of fused-ring (bicyclic) bond motifs is 1. The van der Waals surface area contributed by atoms with E-state index in [9.17, 15) is 9.59 Å². The molecule has 1 aliphatic rings. The van der Waals surface area contributed by atoms with Gasteiger partial charge < -0.3 is 14.4 Å². The molecular formula is C21H23NO4. The van der Waals surface area contributed by atoms with Crippen molar-refractivity contribution in [2.45, 2.75) is 33.3 Å². The fraction of sp³-hybridized carbons (Fsp3) is 0.333. The standard InChI is InChI=1S/C21H23NO4/c1-14-10-15(2)12-18(11-14)25-13-20(23)26-16(3)21(24)22-9-8-17-6-4-5-7-19(17)22/h4-7,10-12,16H,8-9,13H2,1-3H3/t16-/m0/s1. The number of nitrogens with zero attached hydrogens (tertiary/aromatic N) is 1. The molecule has 0 N–H and O–H groups in total. The predicted octanol–water partition coefficient (Wildman–Crippen LogP) is 3.20. The molecule has 2 aromatic rings. The highest BCUT2D eigenvalue weighted by Crippen LogP contribution is 2.28. The Bertz CT molecular complexity index is 810. The van der Waals surface area contributed by atoms with E-state index in [-0.39, 0.29) is 12.5 Å². The number of rotatable bonds is 5. The van der Waals surface area contributed by atoms with Crippen LogP contribution in [-0.2, 0) is 20.7 Å². The summed E-state index contributed by atoms with van der Waals surface area (Å²) in [6, 6.07) is 13.5. The van der Waals surface area contributed by atoms with Crippen molar-refractivity contribution in [2.75, 3.05) is 18.1 Å². The Kier molecular flexibility index (Phi) is 5.26. The van der Waals surface area contributed by atoms with E-state index < -0.39 is 12.1 Å². The lowest BCUT2D eigenvalue weighted by molar-refractivity contribution is -0.155. The molecule has 0 aromatic heterocycles. The summed E-state index contributed by atoms with van der Waals surface area (Å²) in [7, 11) is 0. The van der Waals surface area contributed by atoms with E-state index in [1.54, 1.807) is 11.8 Å². The van der Waals surface area contributed by atoms with Crippen molar-refractivity contribution >= 4 is 17.6 Å². The van der Waals surface area contributed by atoms with Gasteiger partial charge in [-0.15, -0.1) is 0 Å².